The van der Waals surface area contributed by atoms with Gasteiger partial charge in [0.05, 0.1) is 16.7 Å². The monoisotopic (exact) mass is 407 g/mol. The second kappa shape index (κ2) is 8.41. The summed E-state index contributed by atoms with van der Waals surface area (Å²) in [5.74, 6) is 0.115. The minimum atomic E-state index is -0.0916. The molecule has 1 unspecified atom stereocenters. The molecular weight excluding hydrogens is 382 g/mol. The van der Waals surface area contributed by atoms with Crippen LogP contribution in [0.5, 0.6) is 0 Å². The molecule has 1 aliphatic rings. The Hall–Kier alpha value is -2.60. The summed E-state index contributed by atoms with van der Waals surface area (Å²) in [4.78, 5) is 30.2. The minimum absolute atomic E-state index is 0.0156. The Kier molecular flexibility index (Phi) is 5.72. The number of rotatable bonds is 6. The van der Waals surface area contributed by atoms with Crippen molar-refractivity contribution in [3.63, 3.8) is 0 Å². The van der Waals surface area contributed by atoms with Crippen molar-refractivity contribution in [3.8, 4) is 0 Å². The first-order valence-corrected chi connectivity index (χ1v) is 11.1. The molecule has 0 saturated carbocycles. The van der Waals surface area contributed by atoms with E-state index in [9.17, 15) is 9.59 Å². The van der Waals surface area contributed by atoms with Gasteiger partial charge >= 0.3 is 0 Å². The maximum absolute atomic E-state index is 13.0. The molecule has 3 aromatic rings. The molecule has 0 spiro atoms. The standard InChI is InChI=1S/C23H25N3O2S/c1-3-15(2)26-22(28)19-9-4-5-10-20(19)25-23(26)29-14-21(27)24-18-12-11-16-7-6-8-17(16)13-18/h4-5,9-13,15H,3,6-8,14H2,1-2H3,(H,24,27). The van der Waals surface area contributed by atoms with Crippen molar-refractivity contribution in [3.05, 3.63) is 63.9 Å². The summed E-state index contributed by atoms with van der Waals surface area (Å²) >= 11 is 1.31. The molecule has 0 aliphatic heterocycles. The summed E-state index contributed by atoms with van der Waals surface area (Å²) in [6.45, 7) is 4.05. The molecule has 2 aromatic carbocycles. The number of amides is 1. The van der Waals surface area contributed by atoms with Crippen LogP contribution in [0.4, 0.5) is 5.69 Å². The van der Waals surface area contributed by atoms with E-state index in [1.807, 2.05) is 38.1 Å². The molecule has 0 radical (unpaired) electrons. The average molecular weight is 408 g/mol. The Morgan fingerprint density at radius 2 is 2.00 bits per heavy atom. The van der Waals surface area contributed by atoms with Gasteiger partial charge in [-0.1, -0.05) is 36.9 Å². The molecule has 1 aliphatic carbocycles. The molecule has 1 N–H and O–H groups in total. The van der Waals surface area contributed by atoms with E-state index in [-0.39, 0.29) is 23.3 Å². The number of nitrogens with one attached hydrogen (secondary N) is 1. The molecular formula is C23H25N3O2S. The van der Waals surface area contributed by atoms with Gasteiger partial charge in [-0.3, -0.25) is 14.2 Å². The summed E-state index contributed by atoms with van der Waals surface area (Å²) in [7, 11) is 0. The number of hydrogen-bond donors (Lipinski definition) is 1. The van der Waals surface area contributed by atoms with E-state index in [1.54, 1.807) is 10.6 Å². The smallest absolute Gasteiger partial charge is 0.262 e. The Bertz CT molecular complexity index is 1120. The number of fused-ring (bicyclic) bond motifs is 2. The molecule has 150 valence electrons. The normalized spacial score (nSPS) is 14.0. The number of carbonyl (C=O) groups is 1. The highest BCUT2D eigenvalue weighted by molar-refractivity contribution is 7.99. The molecule has 0 fully saturated rings. The number of thioether (sulfide) groups is 1. The van der Waals surface area contributed by atoms with Crippen molar-refractivity contribution in [1.29, 1.82) is 0 Å². The van der Waals surface area contributed by atoms with Crippen molar-refractivity contribution in [2.45, 2.75) is 50.7 Å². The Balaban J connectivity index is 1.54. The third-order valence-corrected chi connectivity index (χ3v) is 6.47. The zero-order valence-corrected chi connectivity index (χ0v) is 17.6. The zero-order valence-electron chi connectivity index (χ0n) is 16.8. The van der Waals surface area contributed by atoms with Crippen LogP contribution >= 0.6 is 11.8 Å². The van der Waals surface area contributed by atoms with E-state index in [0.717, 1.165) is 24.9 Å². The van der Waals surface area contributed by atoms with Gasteiger partial charge in [-0.05, 0) is 68.0 Å². The molecule has 1 aromatic heterocycles. The highest BCUT2D eigenvalue weighted by atomic mass is 32.2. The highest BCUT2D eigenvalue weighted by Crippen LogP contribution is 2.26. The zero-order chi connectivity index (χ0) is 20.4. The first-order chi connectivity index (χ1) is 14.1. The number of aryl methyl sites for hydroxylation is 2. The van der Waals surface area contributed by atoms with E-state index in [4.69, 9.17) is 0 Å². The third-order valence-electron chi connectivity index (χ3n) is 5.52. The summed E-state index contributed by atoms with van der Waals surface area (Å²) in [6.07, 6.45) is 4.20. The molecule has 1 atom stereocenters. The van der Waals surface area contributed by atoms with E-state index >= 15 is 0 Å². The predicted molar refractivity (Wildman–Crippen MR) is 119 cm³/mol. The summed E-state index contributed by atoms with van der Waals surface area (Å²) in [5, 5.41) is 4.18. The molecule has 1 heterocycles. The minimum Gasteiger partial charge on any atom is -0.325 e. The fourth-order valence-electron chi connectivity index (χ4n) is 3.78. The lowest BCUT2D eigenvalue weighted by molar-refractivity contribution is -0.113. The SMILES string of the molecule is CCC(C)n1c(SCC(=O)Nc2ccc3c(c2)CCC3)nc2ccccc2c1=O. The third kappa shape index (κ3) is 4.08. The molecule has 0 saturated heterocycles. The van der Waals surface area contributed by atoms with Crippen LogP contribution in [-0.4, -0.2) is 21.2 Å². The lowest BCUT2D eigenvalue weighted by Gasteiger charge is -2.18. The second-order valence-electron chi connectivity index (χ2n) is 7.52. The number of nitrogens with zero attached hydrogens (tertiary/aromatic N) is 2. The van der Waals surface area contributed by atoms with Crippen molar-refractivity contribution < 1.29 is 4.79 Å². The highest BCUT2D eigenvalue weighted by Gasteiger charge is 2.17. The van der Waals surface area contributed by atoms with Gasteiger partial charge in [-0.2, -0.15) is 0 Å². The van der Waals surface area contributed by atoms with Crippen LogP contribution in [0.2, 0.25) is 0 Å². The van der Waals surface area contributed by atoms with Gasteiger partial charge in [-0.15, -0.1) is 0 Å². The Morgan fingerprint density at radius 1 is 1.21 bits per heavy atom. The molecule has 6 heteroatoms. The summed E-state index contributed by atoms with van der Waals surface area (Å²) in [6, 6.07) is 13.5. The van der Waals surface area contributed by atoms with Crippen molar-refractivity contribution in [2.75, 3.05) is 11.1 Å². The average Bonchev–Trinajstić information content (AvgIpc) is 3.20. The number of benzene rings is 2. The lowest BCUT2D eigenvalue weighted by atomic mass is 10.1. The lowest BCUT2D eigenvalue weighted by Crippen LogP contribution is -2.26. The largest absolute Gasteiger partial charge is 0.325 e. The second-order valence-corrected chi connectivity index (χ2v) is 8.46. The molecule has 4 rings (SSSR count). The van der Waals surface area contributed by atoms with Crippen LogP contribution in [-0.2, 0) is 17.6 Å². The van der Waals surface area contributed by atoms with E-state index < -0.39 is 0 Å². The molecule has 1 amide bonds. The van der Waals surface area contributed by atoms with E-state index in [1.165, 1.54) is 29.3 Å². The first kappa shape index (κ1) is 19.7. The summed E-state index contributed by atoms with van der Waals surface area (Å²) < 4.78 is 1.72. The van der Waals surface area contributed by atoms with Crippen LogP contribution in [0.25, 0.3) is 10.9 Å². The van der Waals surface area contributed by atoms with Gasteiger partial charge in [0.25, 0.3) is 5.56 Å². The molecule has 29 heavy (non-hydrogen) atoms. The number of aromatic nitrogens is 2. The topological polar surface area (TPSA) is 64.0 Å². The van der Waals surface area contributed by atoms with Crippen molar-refractivity contribution >= 4 is 34.3 Å². The number of anilines is 1. The van der Waals surface area contributed by atoms with Gasteiger partial charge in [0.15, 0.2) is 5.16 Å². The quantitative estimate of drug-likeness (QED) is 0.480. The molecule has 0 bridgehead atoms. The van der Waals surface area contributed by atoms with Crippen molar-refractivity contribution in [2.24, 2.45) is 0 Å². The van der Waals surface area contributed by atoms with Crippen LogP contribution in [0.3, 0.4) is 0 Å². The number of carbonyl (C=O) groups excluding carboxylic acids is 1. The Morgan fingerprint density at radius 3 is 2.83 bits per heavy atom. The van der Waals surface area contributed by atoms with Crippen LogP contribution in [0.1, 0.15) is 43.9 Å². The van der Waals surface area contributed by atoms with E-state index in [0.29, 0.717) is 16.1 Å². The Labute approximate surface area is 174 Å². The van der Waals surface area contributed by atoms with Gasteiger partial charge in [0.2, 0.25) is 5.91 Å². The fraction of sp³-hybridized carbons (Fsp3) is 0.348. The molecule has 5 nitrogen and oxygen atoms in total. The van der Waals surface area contributed by atoms with Crippen LogP contribution in [0.15, 0.2) is 52.4 Å². The van der Waals surface area contributed by atoms with Crippen LogP contribution in [0, 0.1) is 0 Å². The first-order valence-electron chi connectivity index (χ1n) is 10.1. The summed E-state index contributed by atoms with van der Waals surface area (Å²) in [5.41, 5.74) is 4.17. The predicted octanol–water partition coefficient (Wildman–Crippen LogP) is 4.59. The fourth-order valence-corrected chi connectivity index (χ4v) is 4.67. The number of para-hydroxylation sites is 1. The van der Waals surface area contributed by atoms with Gasteiger partial charge in [-0.25, -0.2) is 4.98 Å². The number of hydrogen-bond acceptors (Lipinski definition) is 4. The maximum atomic E-state index is 13.0. The maximum Gasteiger partial charge on any atom is 0.262 e. The van der Waals surface area contributed by atoms with Crippen molar-refractivity contribution in [1.82, 2.24) is 9.55 Å². The van der Waals surface area contributed by atoms with Gasteiger partial charge < -0.3 is 5.32 Å². The van der Waals surface area contributed by atoms with Gasteiger partial charge in [0, 0.05) is 11.7 Å². The van der Waals surface area contributed by atoms with E-state index in [2.05, 4.69) is 22.4 Å². The van der Waals surface area contributed by atoms with Crippen LogP contribution < -0.4 is 10.9 Å². The van der Waals surface area contributed by atoms with Gasteiger partial charge in [0.1, 0.15) is 0 Å².